The standard InChI is InChI=1S/C18H23F2N3O3/c1-11-6-12(2)9-23(8-11)10-16-21-17(22-26-16)13-4-5-14(25-18(19)20)15(7-13)24-3/h4-5,7,11-12,18H,6,8-10H2,1-3H3. The molecule has 1 aromatic carbocycles. The van der Waals surface area contributed by atoms with Gasteiger partial charge in [-0.1, -0.05) is 19.0 Å². The van der Waals surface area contributed by atoms with Crippen LogP contribution in [0.4, 0.5) is 8.78 Å². The van der Waals surface area contributed by atoms with E-state index in [1.165, 1.54) is 19.6 Å². The fourth-order valence-electron chi connectivity index (χ4n) is 3.55. The predicted octanol–water partition coefficient (Wildman–Crippen LogP) is 3.82. The molecular weight excluding hydrogens is 344 g/mol. The van der Waals surface area contributed by atoms with E-state index in [1.807, 2.05) is 0 Å². The molecule has 1 aromatic heterocycles. The first-order valence-electron chi connectivity index (χ1n) is 8.62. The number of nitrogens with zero attached hydrogens (tertiary/aromatic N) is 3. The zero-order valence-electron chi connectivity index (χ0n) is 15.1. The number of halogens is 2. The summed E-state index contributed by atoms with van der Waals surface area (Å²) in [4.78, 5) is 6.74. The molecule has 0 spiro atoms. The van der Waals surface area contributed by atoms with Crippen molar-refractivity contribution in [2.24, 2.45) is 11.8 Å². The van der Waals surface area contributed by atoms with Crippen molar-refractivity contribution in [3.8, 4) is 22.9 Å². The van der Waals surface area contributed by atoms with Crippen molar-refractivity contribution < 1.29 is 22.8 Å². The van der Waals surface area contributed by atoms with Crippen molar-refractivity contribution >= 4 is 0 Å². The molecular formula is C18H23F2N3O3. The van der Waals surface area contributed by atoms with Gasteiger partial charge in [0.15, 0.2) is 11.5 Å². The van der Waals surface area contributed by atoms with Gasteiger partial charge in [0, 0.05) is 18.7 Å². The Bertz CT molecular complexity index is 728. The molecule has 2 aromatic rings. The molecule has 0 bridgehead atoms. The molecule has 142 valence electrons. The number of likely N-dealkylation sites (tertiary alicyclic amines) is 1. The summed E-state index contributed by atoms with van der Waals surface area (Å²) in [6.07, 6.45) is 1.23. The van der Waals surface area contributed by atoms with Crippen LogP contribution in [-0.2, 0) is 6.54 Å². The molecule has 0 N–H and O–H groups in total. The SMILES string of the molecule is COc1cc(-c2noc(CN3CC(C)CC(C)C3)n2)ccc1OC(F)F. The summed E-state index contributed by atoms with van der Waals surface area (Å²) >= 11 is 0. The lowest BCUT2D eigenvalue weighted by atomic mass is 9.92. The van der Waals surface area contributed by atoms with Gasteiger partial charge in [-0.3, -0.25) is 4.90 Å². The van der Waals surface area contributed by atoms with Gasteiger partial charge in [0.05, 0.1) is 13.7 Å². The number of methoxy groups -OCH3 is 1. The third-order valence-electron chi connectivity index (χ3n) is 4.41. The number of aromatic nitrogens is 2. The Labute approximate surface area is 151 Å². The number of alkyl halides is 2. The van der Waals surface area contributed by atoms with E-state index in [2.05, 4.69) is 33.6 Å². The highest BCUT2D eigenvalue weighted by atomic mass is 19.3. The monoisotopic (exact) mass is 367 g/mol. The number of ether oxygens (including phenoxy) is 2. The molecule has 0 saturated carbocycles. The van der Waals surface area contributed by atoms with Crippen LogP contribution in [0.3, 0.4) is 0 Å². The van der Waals surface area contributed by atoms with Crippen molar-refractivity contribution in [2.75, 3.05) is 20.2 Å². The molecule has 0 amide bonds. The molecule has 1 aliphatic rings. The summed E-state index contributed by atoms with van der Waals surface area (Å²) in [5, 5.41) is 4.00. The van der Waals surface area contributed by atoms with Gasteiger partial charge in [0.25, 0.3) is 0 Å². The normalized spacial score (nSPS) is 21.2. The summed E-state index contributed by atoms with van der Waals surface area (Å²) in [6.45, 7) is 4.20. The first-order valence-corrected chi connectivity index (χ1v) is 8.62. The minimum Gasteiger partial charge on any atom is -0.493 e. The summed E-state index contributed by atoms with van der Waals surface area (Å²) in [6, 6.07) is 4.56. The van der Waals surface area contributed by atoms with Crippen LogP contribution in [0, 0.1) is 11.8 Å². The van der Waals surface area contributed by atoms with Crippen LogP contribution in [0.25, 0.3) is 11.4 Å². The fourth-order valence-corrected chi connectivity index (χ4v) is 3.55. The van der Waals surface area contributed by atoms with Crippen LogP contribution in [0.1, 0.15) is 26.2 Å². The van der Waals surface area contributed by atoms with E-state index >= 15 is 0 Å². The van der Waals surface area contributed by atoms with Crippen molar-refractivity contribution in [2.45, 2.75) is 33.4 Å². The summed E-state index contributed by atoms with van der Waals surface area (Å²) in [7, 11) is 1.39. The molecule has 1 aliphatic heterocycles. The van der Waals surface area contributed by atoms with E-state index in [9.17, 15) is 8.78 Å². The minimum atomic E-state index is -2.92. The van der Waals surface area contributed by atoms with E-state index in [-0.39, 0.29) is 11.5 Å². The van der Waals surface area contributed by atoms with Crippen LogP contribution in [0.5, 0.6) is 11.5 Å². The Morgan fingerprint density at radius 2 is 1.96 bits per heavy atom. The van der Waals surface area contributed by atoms with E-state index in [0.29, 0.717) is 35.7 Å². The van der Waals surface area contributed by atoms with Crippen LogP contribution in [0.15, 0.2) is 22.7 Å². The maximum Gasteiger partial charge on any atom is 0.387 e. The average molecular weight is 367 g/mol. The molecule has 2 atom stereocenters. The minimum absolute atomic E-state index is 0.0359. The van der Waals surface area contributed by atoms with Crippen LogP contribution < -0.4 is 9.47 Å². The van der Waals surface area contributed by atoms with Crippen LogP contribution >= 0.6 is 0 Å². The summed E-state index contributed by atoms with van der Waals surface area (Å²) in [5.74, 6) is 2.37. The maximum atomic E-state index is 12.4. The van der Waals surface area contributed by atoms with E-state index < -0.39 is 6.61 Å². The number of piperidine rings is 1. The zero-order chi connectivity index (χ0) is 18.7. The molecule has 1 fully saturated rings. The Morgan fingerprint density at radius 1 is 1.23 bits per heavy atom. The highest BCUT2D eigenvalue weighted by molar-refractivity contribution is 5.60. The molecule has 1 saturated heterocycles. The van der Waals surface area contributed by atoms with Gasteiger partial charge >= 0.3 is 6.61 Å². The molecule has 8 heteroatoms. The van der Waals surface area contributed by atoms with Crippen LogP contribution in [0.2, 0.25) is 0 Å². The smallest absolute Gasteiger partial charge is 0.387 e. The highest BCUT2D eigenvalue weighted by Crippen LogP contribution is 2.32. The Kier molecular flexibility index (Phi) is 5.70. The molecule has 3 rings (SSSR count). The third kappa shape index (κ3) is 4.49. The van der Waals surface area contributed by atoms with Gasteiger partial charge in [-0.2, -0.15) is 13.8 Å². The van der Waals surface area contributed by atoms with Crippen molar-refractivity contribution in [3.63, 3.8) is 0 Å². The lowest BCUT2D eigenvalue weighted by molar-refractivity contribution is -0.0512. The number of rotatable bonds is 6. The predicted molar refractivity (Wildman–Crippen MR) is 91.1 cm³/mol. The zero-order valence-corrected chi connectivity index (χ0v) is 15.1. The first-order chi connectivity index (χ1) is 12.4. The number of benzene rings is 1. The Morgan fingerprint density at radius 3 is 2.62 bits per heavy atom. The van der Waals surface area contributed by atoms with Gasteiger partial charge in [-0.25, -0.2) is 0 Å². The number of hydrogen-bond acceptors (Lipinski definition) is 6. The molecule has 26 heavy (non-hydrogen) atoms. The molecule has 2 heterocycles. The quantitative estimate of drug-likeness (QED) is 0.773. The van der Waals surface area contributed by atoms with Gasteiger partial charge in [-0.15, -0.1) is 0 Å². The second kappa shape index (κ2) is 7.99. The lowest BCUT2D eigenvalue weighted by Crippen LogP contribution is -2.38. The van der Waals surface area contributed by atoms with Crippen molar-refractivity contribution in [3.05, 3.63) is 24.1 Å². The van der Waals surface area contributed by atoms with E-state index in [1.54, 1.807) is 12.1 Å². The van der Waals surface area contributed by atoms with Gasteiger partial charge in [-0.05, 0) is 36.5 Å². The van der Waals surface area contributed by atoms with Crippen LogP contribution in [-0.4, -0.2) is 41.9 Å². The average Bonchev–Trinajstić information content (AvgIpc) is 3.02. The summed E-state index contributed by atoms with van der Waals surface area (Å²) in [5.41, 5.74) is 0.610. The maximum absolute atomic E-state index is 12.4. The van der Waals surface area contributed by atoms with Gasteiger partial charge in [0.1, 0.15) is 0 Å². The highest BCUT2D eigenvalue weighted by Gasteiger charge is 2.23. The summed E-state index contributed by atoms with van der Waals surface area (Å²) < 4.78 is 39.7. The Balaban J connectivity index is 1.73. The second-order valence-electron chi connectivity index (χ2n) is 6.90. The van der Waals surface area contributed by atoms with Crippen molar-refractivity contribution in [1.82, 2.24) is 15.0 Å². The van der Waals surface area contributed by atoms with Crippen molar-refractivity contribution in [1.29, 1.82) is 0 Å². The van der Waals surface area contributed by atoms with Gasteiger partial charge < -0.3 is 14.0 Å². The lowest BCUT2D eigenvalue weighted by Gasteiger charge is -2.33. The van der Waals surface area contributed by atoms with E-state index in [4.69, 9.17) is 9.26 Å². The van der Waals surface area contributed by atoms with Gasteiger partial charge in [0.2, 0.25) is 11.7 Å². The largest absolute Gasteiger partial charge is 0.493 e. The fraction of sp³-hybridized carbons (Fsp3) is 0.556. The number of hydrogen-bond donors (Lipinski definition) is 0. The molecule has 0 aliphatic carbocycles. The third-order valence-corrected chi connectivity index (χ3v) is 4.41. The topological polar surface area (TPSA) is 60.6 Å². The van der Waals surface area contributed by atoms with E-state index in [0.717, 1.165) is 13.1 Å². The second-order valence-corrected chi connectivity index (χ2v) is 6.90. The molecule has 6 nitrogen and oxygen atoms in total. The molecule has 0 radical (unpaired) electrons. The molecule has 2 unspecified atom stereocenters. The first kappa shape index (κ1) is 18.6. The Hall–Kier alpha value is -2.22.